The predicted octanol–water partition coefficient (Wildman–Crippen LogP) is 17.3. The normalized spacial score (nSPS) is 12.1. The van der Waals surface area contributed by atoms with E-state index in [0.29, 0.717) is 19.3 Å². The zero-order chi connectivity index (χ0) is 44.0. The van der Waals surface area contributed by atoms with Gasteiger partial charge in [0.25, 0.3) is 0 Å². The summed E-state index contributed by atoms with van der Waals surface area (Å²) in [5.74, 6) is 0.790. The summed E-state index contributed by atoms with van der Waals surface area (Å²) < 4.78 is 16.8. The second-order valence-electron chi connectivity index (χ2n) is 19.5. The molecule has 0 aromatic carbocycles. The van der Waals surface area contributed by atoms with Gasteiger partial charge in [-0.05, 0) is 31.1 Å². The molecule has 0 aromatic rings. The van der Waals surface area contributed by atoms with Gasteiger partial charge in [-0.1, -0.05) is 259 Å². The summed E-state index contributed by atoms with van der Waals surface area (Å²) in [4.78, 5) is 37.9. The van der Waals surface area contributed by atoms with Crippen LogP contribution in [0.3, 0.4) is 0 Å². The van der Waals surface area contributed by atoms with Gasteiger partial charge < -0.3 is 14.2 Å². The van der Waals surface area contributed by atoms with Crippen LogP contribution >= 0.6 is 0 Å². The maximum absolute atomic E-state index is 12.8. The van der Waals surface area contributed by atoms with Crippen LogP contribution in [0.5, 0.6) is 0 Å². The lowest BCUT2D eigenvalue weighted by Crippen LogP contribution is -2.30. The molecule has 0 rings (SSSR count). The van der Waals surface area contributed by atoms with E-state index in [0.717, 1.165) is 69.6 Å². The van der Waals surface area contributed by atoms with Crippen LogP contribution in [0.1, 0.15) is 298 Å². The number of rotatable bonds is 48. The molecule has 0 aliphatic carbocycles. The smallest absolute Gasteiger partial charge is 0.306 e. The van der Waals surface area contributed by atoms with Crippen molar-refractivity contribution in [2.24, 2.45) is 11.8 Å². The van der Waals surface area contributed by atoms with E-state index < -0.39 is 6.10 Å². The van der Waals surface area contributed by atoms with Gasteiger partial charge >= 0.3 is 17.9 Å². The summed E-state index contributed by atoms with van der Waals surface area (Å²) in [5, 5.41) is 0. The lowest BCUT2D eigenvalue weighted by Gasteiger charge is -2.18. The van der Waals surface area contributed by atoms with Crippen LogP contribution in [0.15, 0.2) is 0 Å². The highest BCUT2D eigenvalue weighted by atomic mass is 16.6. The molecule has 0 aliphatic rings. The molecule has 0 spiro atoms. The van der Waals surface area contributed by atoms with E-state index in [2.05, 4.69) is 34.6 Å². The fourth-order valence-electron chi connectivity index (χ4n) is 8.17. The van der Waals surface area contributed by atoms with E-state index in [1.807, 2.05) is 0 Å². The molecule has 0 N–H and O–H groups in total. The van der Waals surface area contributed by atoms with Gasteiger partial charge in [-0.25, -0.2) is 0 Å². The number of ether oxygens (including phenoxy) is 3. The summed E-state index contributed by atoms with van der Waals surface area (Å²) in [6.45, 7) is 11.3. The van der Waals surface area contributed by atoms with Gasteiger partial charge in [-0.2, -0.15) is 0 Å². The Balaban J connectivity index is 4.20. The number of unbranched alkanes of at least 4 members (excludes halogenated alkanes) is 33. The first-order chi connectivity index (χ1) is 29.2. The second kappa shape index (κ2) is 46.9. The van der Waals surface area contributed by atoms with Crippen LogP contribution in [0, 0.1) is 11.8 Å². The molecule has 0 aromatic heterocycles. The highest BCUT2D eigenvalue weighted by Crippen LogP contribution is 2.18. The monoisotopic (exact) mass is 849 g/mol. The van der Waals surface area contributed by atoms with Crippen LogP contribution in [0.2, 0.25) is 0 Å². The minimum absolute atomic E-state index is 0.0640. The van der Waals surface area contributed by atoms with Gasteiger partial charge in [-0.3, -0.25) is 14.4 Å². The van der Waals surface area contributed by atoms with Crippen molar-refractivity contribution in [3.63, 3.8) is 0 Å². The second-order valence-corrected chi connectivity index (χ2v) is 19.5. The van der Waals surface area contributed by atoms with Crippen LogP contribution < -0.4 is 0 Å². The molecule has 0 unspecified atom stereocenters. The molecule has 0 radical (unpaired) electrons. The van der Waals surface area contributed by atoms with Crippen molar-refractivity contribution < 1.29 is 28.6 Å². The Morgan fingerprint density at radius 1 is 0.317 bits per heavy atom. The number of hydrogen-bond donors (Lipinski definition) is 0. The lowest BCUT2D eigenvalue weighted by molar-refractivity contribution is -0.167. The van der Waals surface area contributed by atoms with Crippen LogP contribution in [0.25, 0.3) is 0 Å². The average molecular weight is 849 g/mol. The molecule has 0 heterocycles. The summed E-state index contributed by atoms with van der Waals surface area (Å²) in [5.41, 5.74) is 0. The standard InChI is InChI=1S/C54H104O6/c1-6-7-8-9-10-11-20-24-29-34-39-44-52(55)58-47-51(48-59-53(56)45-40-35-31-26-28-33-38-43-50(4)5)60-54(57)46-41-36-30-25-22-19-17-15-13-12-14-16-18-21-23-27-32-37-42-49(2)3/h49-51H,6-48H2,1-5H3/t51-/m1/s1. The van der Waals surface area contributed by atoms with E-state index >= 15 is 0 Å². The zero-order valence-electron chi connectivity index (χ0n) is 41.1. The molecule has 0 fully saturated rings. The van der Waals surface area contributed by atoms with Crippen molar-refractivity contribution in [1.82, 2.24) is 0 Å². The molecule has 0 amide bonds. The molecule has 1 atom stereocenters. The maximum Gasteiger partial charge on any atom is 0.306 e. The molecular weight excluding hydrogens is 745 g/mol. The fourth-order valence-corrected chi connectivity index (χ4v) is 8.17. The molecule has 0 aliphatic heterocycles. The van der Waals surface area contributed by atoms with E-state index in [9.17, 15) is 14.4 Å². The number of esters is 3. The van der Waals surface area contributed by atoms with Gasteiger partial charge in [0.2, 0.25) is 0 Å². The van der Waals surface area contributed by atoms with Crippen molar-refractivity contribution in [2.45, 2.75) is 304 Å². The molecule has 0 saturated carbocycles. The summed E-state index contributed by atoms with van der Waals surface area (Å²) in [6, 6.07) is 0. The first-order valence-corrected chi connectivity index (χ1v) is 26.7. The van der Waals surface area contributed by atoms with Crippen molar-refractivity contribution >= 4 is 17.9 Å². The van der Waals surface area contributed by atoms with Crippen LogP contribution in [0.4, 0.5) is 0 Å². The SMILES string of the molecule is CCCCCCCCCCCCCC(=O)OC[C@H](COC(=O)CCCCCCCCCC(C)C)OC(=O)CCCCCCCCCCCCCCCCCCCCC(C)C. The molecular formula is C54H104O6. The highest BCUT2D eigenvalue weighted by molar-refractivity contribution is 5.71. The first kappa shape index (κ1) is 58.4. The van der Waals surface area contributed by atoms with E-state index in [1.165, 1.54) is 186 Å². The van der Waals surface area contributed by atoms with E-state index in [1.54, 1.807) is 0 Å². The summed E-state index contributed by atoms with van der Waals surface area (Å²) in [7, 11) is 0. The fraction of sp³-hybridized carbons (Fsp3) is 0.944. The number of hydrogen-bond acceptors (Lipinski definition) is 6. The Morgan fingerprint density at radius 2 is 0.550 bits per heavy atom. The van der Waals surface area contributed by atoms with Crippen molar-refractivity contribution in [3.8, 4) is 0 Å². The van der Waals surface area contributed by atoms with E-state index in [-0.39, 0.29) is 31.1 Å². The Labute approximate surface area is 374 Å². The Kier molecular flexibility index (Phi) is 45.7. The van der Waals surface area contributed by atoms with Crippen molar-refractivity contribution in [1.29, 1.82) is 0 Å². The minimum Gasteiger partial charge on any atom is -0.462 e. The van der Waals surface area contributed by atoms with Gasteiger partial charge in [0.15, 0.2) is 6.10 Å². The third-order valence-electron chi connectivity index (χ3n) is 12.2. The highest BCUT2D eigenvalue weighted by Gasteiger charge is 2.19. The van der Waals surface area contributed by atoms with Crippen LogP contribution in [-0.2, 0) is 28.6 Å². The third-order valence-corrected chi connectivity index (χ3v) is 12.2. The largest absolute Gasteiger partial charge is 0.462 e. The summed E-state index contributed by atoms with van der Waals surface area (Å²) in [6.07, 6.45) is 48.2. The van der Waals surface area contributed by atoms with Gasteiger partial charge in [0, 0.05) is 19.3 Å². The lowest BCUT2D eigenvalue weighted by atomic mass is 10.0. The predicted molar refractivity (Wildman–Crippen MR) is 256 cm³/mol. The van der Waals surface area contributed by atoms with Crippen molar-refractivity contribution in [2.75, 3.05) is 13.2 Å². The molecule has 0 bridgehead atoms. The Bertz CT molecular complexity index is 916. The van der Waals surface area contributed by atoms with Gasteiger partial charge in [0.1, 0.15) is 13.2 Å². The first-order valence-electron chi connectivity index (χ1n) is 26.7. The van der Waals surface area contributed by atoms with E-state index in [4.69, 9.17) is 14.2 Å². The average Bonchev–Trinajstić information content (AvgIpc) is 3.22. The zero-order valence-corrected chi connectivity index (χ0v) is 41.1. The maximum atomic E-state index is 12.8. The van der Waals surface area contributed by atoms with Crippen molar-refractivity contribution in [3.05, 3.63) is 0 Å². The number of carbonyl (C=O) groups is 3. The minimum atomic E-state index is -0.761. The third kappa shape index (κ3) is 47.5. The topological polar surface area (TPSA) is 78.9 Å². The van der Waals surface area contributed by atoms with Crippen LogP contribution in [-0.4, -0.2) is 37.2 Å². The Hall–Kier alpha value is -1.59. The molecule has 356 valence electrons. The molecule has 60 heavy (non-hydrogen) atoms. The Morgan fingerprint density at radius 3 is 0.817 bits per heavy atom. The molecule has 6 nitrogen and oxygen atoms in total. The number of carbonyl (C=O) groups excluding carboxylic acids is 3. The van der Waals surface area contributed by atoms with Gasteiger partial charge in [0.05, 0.1) is 0 Å². The molecule has 6 heteroatoms. The quantitative estimate of drug-likeness (QED) is 0.0345. The molecule has 0 saturated heterocycles. The van der Waals surface area contributed by atoms with Gasteiger partial charge in [-0.15, -0.1) is 0 Å². The summed E-state index contributed by atoms with van der Waals surface area (Å²) >= 11 is 0.